The van der Waals surface area contributed by atoms with Gasteiger partial charge in [-0.1, -0.05) is 23.9 Å². The van der Waals surface area contributed by atoms with Crippen molar-refractivity contribution in [1.82, 2.24) is 10.4 Å². The molecule has 4 rings (SSSR count). The Bertz CT molecular complexity index is 1400. The van der Waals surface area contributed by atoms with Gasteiger partial charge in [-0.3, -0.25) is 15.0 Å². The Kier molecular flexibility index (Phi) is 9.03. The van der Waals surface area contributed by atoms with Crippen LogP contribution in [0.25, 0.3) is 6.08 Å². The summed E-state index contributed by atoms with van der Waals surface area (Å²) in [6.07, 6.45) is 1.66. The molecule has 1 heterocycles. The molecule has 0 aromatic heterocycles. The molecule has 0 aliphatic carbocycles. The number of amides is 2. The molecule has 0 atom stereocenters. The van der Waals surface area contributed by atoms with E-state index >= 15 is 0 Å². The van der Waals surface area contributed by atoms with Gasteiger partial charge in [0, 0.05) is 5.56 Å². The highest BCUT2D eigenvalue weighted by Crippen LogP contribution is 2.39. The lowest BCUT2D eigenvalue weighted by Crippen LogP contribution is -2.44. The first kappa shape index (κ1) is 27.6. The van der Waals surface area contributed by atoms with E-state index in [1.165, 1.54) is 19.2 Å². The molecule has 0 bridgehead atoms. The number of carbonyl (C=O) groups is 2. The highest BCUT2D eigenvalue weighted by Gasteiger charge is 2.34. The number of nitrogens with one attached hydrogen (secondary N) is 1. The van der Waals surface area contributed by atoms with Crippen molar-refractivity contribution in [3.63, 3.8) is 0 Å². The summed E-state index contributed by atoms with van der Waals surface area (Å²) < 4.78 is 30.8. The number of nitrogens with zero attached hydrogens (tertiary/aromatic N) is 1. The van der Waals surface area contributed by atoms with Crippen LogP contribution in [0.1, 0.15) is 28.4 Å². The molecule has 7 nitrogen and oxygen atoms in total. The fourth-order valence-electron chi connectivity index (χ4n) is 3.43. The fourth-order valence-corrected chi connectivity index (χ4v) is 5.19. The van der Waals surface area contributed by atoms with Gasteiger partial charge in [0.15, 0.2) is 15.8 Å². The van der Waals surface area contributed by atoms with Crippen LogP contribution in [-0.2, 0) is 11.4 Å². The number of thiocarbonyl (C=S) groups is 1. The van der Waals surface area contributed by atoms with E-state index in [1.807, 2.05) is 6.92 Å². The van der Waals surface area contributed by atoms with Crippen molar-refractivity contribution in [2.75, 3.05) is 13.7 Å². The van der Waals surface area contributed by atoms with E-state index in [9.17, 15) is 14.0 Å². The Morgan fingerprint density at radius 1 is 1.13 bits per heavy atom. The third kappa shape index (κ3) is 6.53. The SMILES string of the molecule is CCOc1cc(/C=C2\SC(=S)N(NC(=O)c3ccc(OC)cc3)C2=O)cc(Br)c1OCc1ccc(F)cc1. The summed E-state index contributed by atoms with van der Waals surface area (Å²) in [6.45, 7) is 2.45. The molecule has 38 heavy (non-hydrogen) atoms. The van der Waals surface area contributed by atoms with Crippen molar-refractivity contribution in [2.45, 2.75) is 13.5 Å². The number of hydrogen-bond donors (Lipinski definition) is 1. The molecule has 2 amide bonds. The summed E-state index contributed by atoms with van der Waals surface area (Å²) in [4.78, 5) is 26.0. The van der Waals surface area contributed by atoms with Crippen LogP contribution in [0.2, 0.25) is 0 Å². The standard InChI is InChI=1S/C27H22BrFN2O5S2/c1-3-35-22-13-17(12-21(28)24(22)36-15-16-4-8-19(29)9-5-16)14-23-26(33)31(27(37)38-23)30-25(32)18-6-10-20(34-2)11-7-18/h4-14H,3,15H2,1-2H3,(H,30,32)/b23-14-. The van der Waals surface area contributed by atoms with Gasteiger partial charge in [0.05, 0.1) is 23.1 Å². The number of methoxy groups -OCH3 is 1. The molecule has 1 aliphatic rings. The monoisotopic (exact) mass is 616 g/mol. The number of halogens is 2. The van der Waals surface area contributed by atoms with Crippen molar-refractivity contribution in [2.24, 2.45) is 0 Å². The maximum atomic E-state index is 13.2. The average Bonchev–Trinajstić information content (AvgIpc) is 3.16. The van der Waals surface area contributed by atoms with Gasteiger partial charge in [0.25, 0.3) is 11.8 Å². The van der Waals surface area contributed by atoms with Gasteiger partial charge in [-0.05, 0) is 101 Å². The van der Waals surface area contributed by atoms with Crippen molar-refractivity contribution < 1.29 is 28.2 Å². The number of ether oxygens (including phenoxy) is 3. The second-order valence-electron chi connectivity index (χ2n) is 7.86. The van der Waals surface area contributed by atoms with Crippen LogP contribution in [0.15, 0.2) is 70.0 Å². The average molecular weight is 618 g/mol. The van der Waals surface area contributed by atoms with E-state index in [4.69, 9.17) is 26.4 Å². The zero-order valence-electron chi connectivity index (χ0n) is 20.3. The van der Waals surface area contributed by atoms with E-state index in [1.54, 1.807) is 54.6 Å². The van der Waals surface area contributed by atoms with E-state index in [-0.39, 0.29) is 16.7 Å². The minimum Gasteiger partial charge on any atom is -0.497 e. The quantitative estimate of drug-likeness (QED) is 0.229. The number of hydrazine groups is 1. The molecule has 1 fully saturated rings. The van der Waals surface area contributed by atoms with Gasteiger partial charge in [-0.15, -0.1) is 0 Å². The van der Waals surface area contributed by atoms with E-state index in [2.05, 4.69) is 21.4 Å². The smallest absolute Gasteiger partial charge is 0.285 e. The van der Waals surface area contributed by atoms with Crippen LogP contribution < -0.4 is 19.6 Å². The zero-order valence-corrected chi connectivity index (χ0v) is 23.5. The van der Waals surface area contributed by atoms with E-state index < -0.39 is 11.8 Å². The summed E-state index contributed by atoms with van der Waals surface area (Å²) in [7, 11) is 1.53. The highest BCUT2D eigenvalue weighted by atomic mass is 79.9. The first-order chi connectivity index (χ1) is 18.3. The lowest BCUT2D eigenvalue weighted by molar-refractivity contribution is -0.123. The summed E-state index contributed by atoms with van der Waals surface area (Å²) in [5.74, 6) is 0.313. The van der Waals surface area contributed by atoms with Crippen LogP contribution in [0.5, 0.6) is 17.2 Å². The summed E-state index contributed by atoms with van der Waals surface area (Å²) in [6, 6.07) is 16.1. The second-order valence-corrected chi connectivity index (χ2v) is 10.4. The molecule has 0 radical (unpaired) electrons. The van der Waals surface area contributed by atoms with Crippen LogP contribution in [-0.4, -0.2) is 34.9 Å². The van der Waals surface area contributed by atoms with E-state index in [0.29, 0.717) is 44.4 Å². The van der Waals surface area contributed by atoms with Gasteiger partial charge < -0.3 is 14.2 Å². The molecule has 1 aliphatic heterocycles. The van der Waals surface area contributed by atoms with Crippen molar-refractivity contribution in [3.8, 4) is 17.2 Å². The Hall–Kier alpha value is -3.41. The number of benzene rings is 3. The zero-order chi connectivity index (χ0) is 27.2. The minimum absolute atomic E-state index is 0.200. The summed E-state index contributed by atoms with van der Waals surface area (Å²) >= 11 is 9.93. The van der Waals surface area contributed by atoms with E-state index in [0.717, 1.165) is 22.3 Å². The molecular formula is C27H22BrFN2O5S2. The normalized spacial score (nSPS) is 14.1. The first-order valence-corrected chi connectivity index (χ1v) is 13.4. The topological polar surface area (TPSA) is 77.1 Å². The largest absolute Gasteiger partial charge is 0.497 e. The molecule has 0 saturated carbocycles. The van der Waals surface area contributed by atoms with Crippen LogP contribution >= 0.6 is 39.9 Å². The Balaban J connectivity index is 1.51. The Morgan fingerprint density at radius 3 is 2.50 bits per heavy atom. The molecule has 0 spiro atoms. The molecule has 11 heteroatoms. The first-order valence-electron chi connectivity index (χ1n) is 11.4. The van der Waals surface area contributed by atoms with Gasteiger partial charge in [-0.2, -0.15) is 5.01 Å². The maximum absolute atomic E-state index is 13.2. The Labute approximate surface area is 237 Å². The van der Waals surface area contributed by atoms with Crippen LogP contribution in [0.3, 0.4) is 0 Å². The summed E-state index contributed by atoms with van der Waals surface area (Å²) in [5.41, 5.74) is 4.37. The van der Waals surface area contributed by atoms with Crippen LogP contribution in [0.4, 0.5) is 4.39 Å². The number of carbonyl (C=O) groups excluding carboxylic acids is 2. The van der Waals surface area contributed by atoms with Gasteiger partial charge in [0.2, 0.25) is 0 Å². The minimum atomic E-state index is -0.478. The lowest BCUT2D eigenvalue weighted by atomic mass is 10.1. The molecular weight excluding hydrogens is 595 g/mol. The van der Waals surface area contributed by atoms with Gasteiger partial charge >= 0.3 is 0 Å². The fraction of sp³-hybridized carbons (Fsp3) is 0.148. The van der Waals surface area contributed by atoms with Gasteiger partial charge in [0.1, 0.15) is 18.2 Å². The number of thioether (sulfide) groups is 1. The highest BCUT2D eigenvalue weighted by molar-refractivity contribution is 9.10. The van der Waals surface area contributed by atoms with Gasteiger partial charge in [-0.25, -0.2) is 4.39 Å². The second kappa shape index (κ2) is 12.4. The van der Waals surface area contributed by atoms with Crippen molar-refractivity contribution in [3.05, 3.63) is 92.5 Å². The lowest BCUT2D eigenvalue weighted by Gasteiger charge is -2.16. The number of hydrogen-bond acceptors (Lipinski definition) is 7. The Morgan fingerprint density at radius 2 is 1.84 bits per heavy atom. The third-order valence-electron chi connectivity index (χ3n) is 5.29. The molecule has 0 unspecified atom stereocenters. The third-order valence-corrected chi connectivity index (χ3v) is 7.18. The predicted octanol–water partition coefficient (Wildman–Crippen LogP) is 6.12. The van der Waals surface area contributed by atoms with Crippen molar-refractivity contribution in [1.29, 1.82) is 0 Å². The predicted molar refractivity (Wildman–Crippen MR) is 152 cm³/mol. The number of rotatable bonds is 9. The molecule has 3 aromatic carbocycles. The molecule has 1 saturated heterocycles. The molecule has 196 valence electrons. The summed E-state index contributed by atoms with van der Waals surface area (Å²) in [5, 5.41) is 1.05. The maximum Gasteiger partial charge on any atom is 0.285 e. The van der Waals surface area contributed by atoms with Crippen molar-refractivity contribution >= 4 is 62.1 Å². The molecule has 3 aromatic rings. The van der Waals surface area contributed by atoms with Crippen LogP contribution in [0, 0.1) is 5.82 Å². The molecule has 1 N–H and O–H groups in total.